The summed E-state index contributed by atoms with van der Waals surface area (Å²) in [5, 5.41) is 3.54. The van der Waals surface area contributed by atoms with E-state index in [0.29, 0.717) is 11.5 Å². The Hall–Kier alpha value is -1.16. The maximum absolute atomic E-state index is 4.29. The van der Waals surface area contributed by atoms with Crippen molar-refractivity contribution in [3.05, 3.63) is 18.1 Å². The van der Waals surface area contributed by atoms with Gasteiger partial charge in [0.25, 0.3) is 0 Å². The number of hydrogen-bond donors (Lipinski definition) is 1. The predicted molar refractivity (Wildman–Crippen MR) is 79.3 cm³/mol. The van der Waals surface area contributed by atoms with Crippen molar-refractivity contribution >= 4 is 5.82 Å². The van der Waals surface area contributed by atoms with Crippen molar-refractivity contribution in [1.29, 1.82) is 0 Å². The van der Waals surface area contributed by atoms with Crippen LogP contribution < -0.4 is 5.32 Å². The number of rotatable bonds is 3. The van der Waals surface area contributed by atoms with Gasteiger partial charge in [0.1, 0.15) is 12.1 Å². The third-order valence-corrected chi connectivity index (χ3v) is 3.36. The van der Waals surface area contributed by atoms with Crippen LogP contribution in [0.1, 0.15) is 39.3 Å². The van der Waals surface area contributed by atoms with Crippen LogP contribution in [0.15, 0.2) is 12.4 Å². The Bertz CT molecular complexity index is 411. The highest BCUT2D eigenvalue weighted by Crippen LogP contribution is 2.20. The third kappa shape index (κ3) is 4.78. The highest BCUT2D eigenvalue weighted by atomic mass is 15.2. The van der Waals surface area contributed by atoms with Gasteiger partial charge < -0.3 is 10.2 Å². The number of aromatic nitrogens is 2. The number of piperidine rings is 1. The molecule has 4 heteroatoms. The zero-order valence-corrected chi connectivity index (χ0v) is 12.6. The molecular formula is C15H26N4. The first-order valence-electron chi connectivity index (χ1n) is 7.20. The molecule has 0 spiro atoms. The van der Waals surface area contributed by atoms with Gasteiger partial charge >= 0.3 is 0 Å². The normalized spacial score (nSPS) is 21.4. The van der Waals surface area contributed by atoms with Gasteiger partial charge in [0.2, 0.25) is 0 Å². The minimum Gasteiger partial charge on any atom is -0.366 e. The van der Waals surface area contributed by atoms with Gasteiger partial charge in [0, 0.05) is 30.9 Å². The largest absolute Gasteiger partial charge is 0.366 e. The molecule has 0 bridgehead atoms. The molecule has 1 unspecified atom stereocenters. The first kappa shape index (κ1) is 14.3. The van der Waals surface area contributed by atoms with Crippen molar-refractivity contribution < 1.29 is 0 Å². The maximum Gasteiger partial charge on any atom is 0.129 e. The number of nitrogens with one attached hydrogen (secondary N) is 1. The van der Waals surface area contributed by atoms with Crippen LogP contribution in [0.25, 0.3) is 0 Å². The van der Waals surface area contributed by atoms with E-state index in [-0.39, 0.29) is 0 Å². The van der Waals surface area contributed by atoms with Gasteiger partial charge in [-0.1, -0.05) is 20.8 Å². The summed E-state index contributed by atoms with van der Waals surface area (Å²) in [7, 11) is 0. The molecule has 2 rings (SSSR count). The zero-order chi connectivity index (χ0) is 13.9. The Kier molecular flexibility index (Phi) is 4.40. The van der Waals surface area contributed by atoms with E-state index >= 15 is 0 Å². The summed E-state index contributed by atoms with van der Waals surface area (Å²) in [4.78, 5) is 11.0. The molecule has 106 valence electrons. The van der Waals surface area contributed by atoms with Crippen molar-refractivity contribution in [3.8, 4) is 0 Å². The molecule has 0 radical (unpaired) electrons. The summed E-state index contributed by atoms with van der Waals surface area (Å²) in [6.07, 6.45) is 4.12. The molecule has 1 aliphatic heterocycles. The van der Waals surface area contributed by atoms with Crippen LogP contribution in [0.2, 0.25) is 0 Å². The number of anilines is 1. The topological polar surface area (TPSA) is 41.0 Å². The van der Waals surface area contributed by atoms with E-state index in [9.17, 15) is 0 Å². The molecule has 2 heterocycles. The lowest BCUT2D eigenvalue weighted by molar-refractivity contribution is 0.156. The van der Waals surface area contributed by atoms with Gasteiger partial charge in [-0.15, -0.1) is 0 Å². The van der Waals surface area contributed by atoms with Crippen LogP contribution in [0.3, 0.4) is 0 Å². The molecular weight excluding hydrogens is 236 g/mol. The minimum absolute atomic E-state index is 0.368. The molecule has 1 aromatic rings. The second-order valence-corrected chi connectivity index (χ2v) is 6.82. The van der Waals surface area contributed by atoms with Gasteiger partial charge in [-0.25, -0.2) is 9.97 Å². The first-order valence-corrected chi connectivity index (χ1v) is 7.20. The summed E-state index contributed by atoms with van der Waals surface area (Å²) in [6, 6.07) is 2.52. The molecule has 0 aromatic carbocycles. The average molecular weight is 262 g/mol. The second-order valence-electron chi connectivity index (χ2n) is 6.82. The number of aryl methyl sites for hydroxylation is 1. The van der Waals surface area contributed by atoms with Crippen molar-refractivity contribution in [2.24, 2.45) is 5.41 Å². The number of likely N-dealkylation sites (tertiary alicyclic amines) is 1. The third-order valence-electron chi connectivity index (χ3n) is 3.36. The van der Waals surface area contributed by atoms with Crippen molar-refractivity contribution in [2.75, 3.05) is 25.0 Å². The molecule has 0 amide bonds. The lowest BCUT2D eigenvalue weighted by Gasteiger charge is -2.37. The quantitative estimate of drug-likeness (QED) is 0.909. The second kappa shape index (κ2) is 5.87. The van der Waals surface area contributed by atoms with Gasteiger partial charge in [-0.05, 0) is 31.7 Å². The SMILES string of the molecule is Cc1cc(NC2CCCN(CC(C)(C)C)C2)ncn1. The number of hydrogen-bond acceptors (Lipinski definition) is 4. The zero-order valence-electron chi connectivity index (χ0n) is 12.6. The maximum atomic E-state index is 4.29. The van der Waals surface area contributed by atoms with Crippen LogP contribution in [0.5, 0.6) is 0 Å². The van der Waals surface area contributed by atoms with E-state index in [1.165, 1.54) is 19.4 Å². The van der Waals surface area contributed by atoms with Gasteiger partial charge in [-0.3, -0.25) is 0 Å². The summed E-state index contributed by atoms with van der Waals surface area (Å²) in [6.45, 7) is 12.4. The molecule has 1 fully saturated rings. The smallest absolute Gasteiger partial charge is 0.129 e. The lowest BCUT2D eigenvalue weighted by Crippen LogP contribution is -2.45. The summed E-state index contributed by atoms with van der Waals surface area (Å²) < 4.78 is 0. The molecule has 0 aliphatic carbocycles. The van der Waals surface area contributed by atoms with E-state index in [1.807, 2.05) is 13.0 Å². The molecule has 1 N–H and O–H groups in total. The van der Waals surface area contributed by atoms with E-state index in [2.05, 4.69) is 41.0 Å². The fourth-order valence-electron chi connectivity index (χ4n) is 2.73. The van der Waals surface area contributed by atoms with E-state index < -0.39 is 0 Å². The Morgan fingerprint density at radius 2 is 2.16 bits per heavy atom. The Morgan fingerprint density at radius 3 is 2.84 bits per heavy atom. The molecule has 1 saturated heterocycles. The highest BCUT2D eigenvalue weighted by molar-refractivity contribution is 5.35. The molecule has 0 saturated carbocycles. The van der Waals surface area contributed by atoms with Crippen LogP contribution in [0, 0.1) is 12.3 Å². The highest BCUT2D eigenvalue weighted by Gasteiger charge is 2.23. The molecule has 1 atom stereocenters. The number of nitrogens with zero attached hydrogens (tertiary/aromatic N) is 3. The lowest BCUT2D eigenvalue weighted by atomic mass is 9.94. The van der Waals surface area contributed by atoms with Gasteiger partial charge in [-0.2, -0.15) is 0 Å². The van der Waals surface area contributed by atoms with E-state index in [1.54, 1.807) is 6.33 Å². The molecule has 19 heavy (non-hydrogen) atoms. The van der Waals surface area contributed by atoms with Gasteiger partial charge in [0.15, 0.2) is 0 Å². The van der Waals surface area contributed by atoms with Crippen molar-refractivity contribution in [2.45, 2.75) is 46.6 Å². The fraction of sp³-hybridized carbons (Fsp3) is 0.733. The Balaban J connectivity index is 1.91. The van der Waals surface area contributed by atoms with Crippen molar-refractivity contribution in [1.82, 2.24) is 14.9 Å². The first-order chi connectivity index (χ1) is 8.92. The minimum atomic E-state index is 0.368. The Labute approximate surface area is 116 Å². The summed E-state index contributed by atoms with van der Waals surface area (Å²) in [5.41, 5.74) is 1.38. The van der Waals surface area contributed by atoms with Gasteiger partial charge in [0.05, 0.1) is 0 Å². The van der Waals surface area contributed by atoms with Crippen LogP contribution in [-0.2, 0) is 0 Å². The molecule has 4 nitrogen and oxygen atoms in total. The summed E-state index contributed by atoms with van der Waals surface area (Å²) in [5.74, 6) is 0.954. The van der Waals surface area contributed by atoms with E-state index in [0.717, 1.165) is 24.6 Å². The van der Waals surface area contributed by atoms with E-state index in [4.69, 9.17) is 0 Å². The molecule has 1 aliphatic rings. The fourth-order valence-corrected chi connectivity index (χ4v) is 2.73. The predicted octanol–water partition coefficient (Wildman–Crippen LogP) is 2.71. The van der Waals surface area contributed by atoms with Crippen LogP contribution in [-0.4, -0.2) is 40.5 Å². The van der Waals surface area contributed by atoms with Crippen LogP contribution in [0.4, 0.5) is 5.82 Å². The van der Waals surface area contributed by atoms with Crippen molar-refractivity contribution in [3.63, 3.8) is 0 Å². The van der Waals surface area contributed by atoms with Crippen LogP contribution >= 0.6 is 0 Å². The average Bonchev–Trinajstić information content (AvgIpc) is 2.27. The Morgan fingerprint density at radius 1 is 1.37 bits per heavy atom. The monoisotopic (exact) mass is 262 g/mol. The summed E-state index contributed by atoms with van der Waals surface area (Å²) >= 11 is 0. The standard InChI is InChI=1S/C15H26N4/c1-12-8-14(17-11-16-12)18-13-6-5-7-19(9-13)10-15(2,3)4/h8,11,13H,5-7,9-10H2,1-4H3,(H,16,17,18). The molecule has 1 aromatic heterocycles.